The average Bonchev–Trinajstić information content (AvgIpc) is 2.40. The lowest BCUT2D eigenvalue weighted by Crippen LogP contribution is -2.17. The Hall–Kier alpha value is -2.08. The summed E-state index contributed by atoms with van der Waals surface area (Å²) in [6.45, 7) is 0.416. The van der Waals surface area contributed by atoms with Gasteiger partial charge in [0.2, 0.25) is 0 Å². The smallest absolute Gasteiger partial charge is 0.506 e. The van der Waals surface area contributed by atoms with E-state index in [1.54, 1.807) is 12.1 Å². The molecular weight excluding hydrogens is 307 g/mol. The molecule has 0 unspecified atom stereocenters. The number of benzene rings is 2. The van der Waals surface area contributed by atoms with Crippen molar-refractivity contribution >= 4 is 17.3 Å². The van der Waals surface area contributed by atoms with Gasteiger partial charge in [0.25, 0.3) is 0 Å². The number of aromatic hydroxyl groups is 1. The van der Waals surface area contributed by atoms with Crippen LogP contribution in [0.2, 0.25) is 5.02 Å². The molecule has 0 aliphatic carbocycles. The van der Waals surface area contributed by atoms with Gasteiger partial charge in [-0.05, 0) is 42.0 Å². The van der Waals surface area contributed by atoms with Crippen LogP contribution in [0.15, 0.2) is 42.5 Å². The number of anilines is 1. The average molecular weight is 318 g/mol. The van der Waals surface area contributed by atoms with E-state index in [-0.39, 0.29) is 16.5 Å². The van der Waals surface area contributed by atoms with Gasteiger partial charge >= 0.3 is 6.36 Å². The minimum atomic E-state index is -4.70. The van der Waals surface area contributed by atoms with Crippen molar-refractivity contribution in [2.75, 3.05) is 5.32 Å². The van der Waals surface area contributed by atoms with Crippen LogP contribution in [0, 0.1) is 0 Å². The minimum Gasteiger partial charge on any atom is -0.506 e. The van der Waals surface area contributed by atoms with Gasteiger partial charge < -0.3 is 15.2 Å². The lowest BCUT2D eigenvalue weighted by Gasteiger charge is -2.10. The molecule has 0 heterocycles. The maximum absolute atomic E-state index is 12.0. The van der Waals surface area contributed by atoms with E-state index >= 15 is 0 Å². The molecule has 2 aromatic carbocycles. The summed E-state index contributed by atoms with van der Waals surface area (Å²) >= 11 is 5.78. The van der Waals surface area contributed by atoms with Crippen LogP contribution in [0.25, 0.3) is 0 Å². The van der Waals surface area contributed by atoms with Gasteiger partial charge in [-0.25, -0.2) is 0 Å². The molecule has 0 spiro atoms. The third kappa shape index (κ3) is 4.75. The fraction of sp³-hybridized carbons (Fsp3) is 0.143. The molecule has 3 nitrogen and oxygen atoms in total. The Kier molecular flexibility index (Phi) is 4.47. The molecule has 2 N–H and O–H groups in total. The van der Waals surface area contributed by atoms with Gasteiger partial charge in [-0.3, -0.25) is 0 Å². The number of phenols is 1. The molecule has 0 fully saturated rings. The highest BCUT2D eigenvalue weighted by atomic mass is 35.5. The maximum atomic E-state index is 12.0. The normalized spacial score (nSPS) is 11.2. The molecule has 0 radical (unpaired) electrons. The van der Waals surface area contributed by atoms with Crippen molar-refractivity contribution in [3.8, 4) is 11.5 Å². The molecule has 2 aromatic rings. The summed E-state index contributed by atoms with van der Waals surface area (Å²) in [4.78, 5) is 0. The molecule has 0 atom stereocenters. The van der Waals surface area contributed by atoms with Crippen LogP contribution in [-0.4, -0.2) is 11.5 Å². The number of alkyl halides is 3. The highest BCUT2D eigenvalue weighted by Gasteiger charge is 2.30. The lowest BCUT2D eigenvalue weighted by atomic mass is 10.2. The van der Waals surface area contributed by atoms with Gasteiger partial charge in [0, 0.05) is 12.2 Å². The monoisotopic (exact) mass is 317 g/mol. The first-order valence-corrected chi connectivity index (χ1v) is 6.28. The highest BCUT2D eigenvalue weighted by Crippen LogP contribution is 2.25. The van der Waals surface area contributed by atoms with E-state index in [9.17, 15) is 18.3 Å². The van der Waals surface area contributed by atoms with E-state index in [1.165, 1.54) is 30.3 Å². The van der Waals surface area contributed by atoms with Gasteiger partial charge in [0.15, 0.2) is 0 Å². The van der Waals surface area contributed by atoms with Crippen LogP contribution in [0.5, 0.6) is 11.5 Å². The zero-order valence-electron chi connectivity index (χ0n) is 10.6. The molecule has 0 bridgehead atoms. The second kappa shape index (κ2) is 6.13. The van der Waals surface area contributed by atoms with Crippen LogP contribution in [0.1, 0.15) is 5.56 Å². The van der Waals surface area contributed by atoms with Gasteiger partial charge in [0.1, 0.15) is 11.5 Å². The molecule has 0 amide bonds. The number of hydrogen-bond acceptors (Lipinski definition) is 3. The largest absolute Gasteiger partial charge is 0.573 e. The van der Waals surface area contributed by atoms with E-state index in [1.807, 2.05) is 0 Å². The number of hydrogen-bond donors (Lipinski definition) is 2. The Morgan fingerprint density at radius 3 is 2.33 bits per heavy atom. The molecule has 7 heteroatoms. The van der Waals surface area contributed by atoms with Crippen LogP contribution in [-0.2, 0) is 6.54 Å². The Labute approximate surface area is 123 Å². The SMILES string of the molecule is Oc1ccc(CNc2ccc(OC(F)(F)F)cc2)cc1Cl. The molecule has 0 aromatic heterocycles. The van der Waals surface area contributed by atoms with Crippen molar-refractivity contribution in [2.24, 2.45) is 0 Å². The summed E-state index contributed by atoms with van der Waals surface area (Å²) in [5.41, 5.74) is 1.46. The fourth-order valence-electron chi connectivity index (χ4n) is 1.64. The first kappa shape index (κ1) is 15.3. The zero-order valence-corrected chi connectivity index (χ0v) is 11.4. The van der Waals surface area contributed by atoms with Crippen LogP contribution in [0.3, 0.4) is 0 Å². The Morgan fingerprint density at radius 1 is 1.10 bits per heavy atom. The van der Waals surface area contributed by atoms with Crippen LogP contribution < -0.4 is 10.1 Å². The van der Waals surface area contributed by atoms with Crippen molar-refractivity contribution in [1.82, 2.24) is 0 Å². The zero-order chi connectivity index (χ0) is 15.5. The molecule has 0 saturated carbocycles. The van der Waals surface area contributed by atoms with E-state index in [0.717, 1.165) is 5.56 Å². The van der Waals surface area contributed by atoms with Crippen molar-refractivity contribution in [3.05, 3.63) is 53.1 Å². The predicted octanol–water partition coefficient (Wildman–Crippen LogP) is 4.56. The van der Waals surface area contributed by atoms with Gasteiger partial charge in [-0.2, -0.15) is 0 Å². The second-order valence-corrected chi connectivity index (χ2v) is 4.62. The lowest BCUT2D eigenvalue weighted by molar-refractivity contribution is -0.274. The maximum Gasteiger partial charge on any atom is 0.573 e. The quantitative estimate of drug-likeness (QED) is 0.869. The highest BCUT2D eigenvalue weighted by molar-refractivity contribution is 6.32. The fourth-order valence-corrected chi connectivity index (χ4v) is 1.84. The minimum absolute atomic E-state index is 0.00549. The molecule has 0 aliphatic rings. The van der Waals surface area contributed by atoms with E-state index in [4.69, 9.17) is 11.6 Å². The van der Waals surface area contributed by atoms with Crippen molar-refractivity contribution in [2.45, 2.75) is 12.9 Å². The third-order valence-electron chi connectivity index (χ3n) is 2.60. The number of rotatable bonds is 4. The van der Waals surface area contributed by atoms with Crippen molar-refractivity contribution in [1.29, 1.82) is 0 Å². The summed E-state index contributed by atoms with van der Waals surface area (Å²) in [5, 5.41) is 12.6. The number of ether oxygens (including phenoxy) is 1. The van der Waals surface area contributed by atoms with Crippen LogP contribution >= 0.6 is 11.6 Å². The summed E-state index contributed by atoms with van der Waals surface area (Å²) in [5.74, 6) is -0.283. The van der Waals surface area contributed by atoms with Gasteiger partial charge in [-0.15, -0.1) is 13.2 Å². The van der Waals surface area contributed by atoms with E-state index in [2.05, 4.69) is 10.1 Å². The molecule has 0 saturated heterocycles. The van der Waals surface area contributed by atoms with Gasteiger partial charge in [-0.1, -0.05) is 17.7 Å². The standard InChI is InChI=1S/C14H11ClF3NO2/c15-12-7-9(1-6-13(12)20)8-19-10-2-4-11(5-3-10)21-14(16,17)18/h1-7,19-20H,8H2. The topological polar surface area (TPSA) is 41.5 Å². The Bertz CT molecular complexity index is 615. The summed E-state index contributed by atoms with van der Waals surface area (Å²) < 4.78 is 39.8. The van der Waals surface area contributed by atoms with Crippen molar-refractivity contribution in [3.63, 3.8) is 0 Å². The summed E-state index contributed by atoms with van der Waals surface area (Å²) in [6, 6.07) is 10.2. The molecule has 2 rings (SSSR count). The van der Waals surface area contributed by atoms with Crippen LogP contribution in [0.4, 0.5) is 18.9 Å². The Morgan fingerprint density at radius 2 is 1.76 bits per heavy atom. The van der Waals surface area contributed by atoms with Gasteiger partial charge in [0.05, 0.1) is 5.02 Å². The first-order chi connectivity index (χ1) is 9.83. The molecule has 0 aliphatic heterocycles. The summed E-state index contributed by atoms with van der Waals surface area (Å²) in [6.07, 6.45) is -4.70. The first-order valence-electron chi connectivity index (χ1n) is 5.90. The number of nitrogens with one attached hydrogen (secondary N) is 1. The Balaban J connectivity index is 1.96. The van der Waals surface area contributed by atoms with E-state index in [0.29, 0.717) is 12.2 Å². The molecular formula is C14H11ClF3NO2. The second-order valence-electron chi connectivity index (χ2n) is 4.21. The predicted molar refractivity (Wildman–Crippen MR) is 73.6 cm³/mol. The molecule has 112 valence electrons. The molecule has 21 heavy (non-hydrogen) atoms. The van der Waals surface area contributed by atoms with Crippen molar-refractivity contribution < 1.29 is 23.0 Å². The third-order valence-corrected chi connectivity index (χ3v) is 2.90. The number of halogens is 4. The number of phenolic OH excluding ortho intramolecular Hbond substituents is 1. The van der Waals surface area contributed by atoms with E-state index < -0.39 is 6.36 Å². The summed E-state index contributed by atoms with van der Waals surface area (Å²) in [7, 11) is 0.